The van der Waals surface area contributed by atoms with Gasteiger partial charge >= 0.3 is 6.03 Å². The first-order valence-corrected chi connectivity index (χ1v) is 10.2. The second-order valence-electron chi connectivity index (χ2n) is 7.10. The monoisotopic (exact) mass is 409 g/mol. The van der Waals surface area contributed by atoms with Crippen LogP contribution < -0.4 is 5.32 Å². The van der Waals surface area contributed by atoms with E-state index >= 15 is 0 Å². The van der Waals surface area contributed by atoms with Crippen LogP contribution in [-0.2, 0) is 16.9 Å². The van der Waals surface area contributed by atoms with Gasteiger partial charge in [0.2, 0.25) is 0 Å². The van der Waals surface area contributed by atoms with E-state index in [9.17, 15) is 14.0 Å². The van der Waals surface area contributed by atoms with Crippen molar-refractivity contribution >= 4 is 23.3 Å². The highest BCUT2D eigenvalue weighted by atomic mass is 32.1. The smallest absolute Gasteiger partial charge is 0.319 e. The van der Waals surface area contributed by atoms with E-state index < -0.39 is 11.6 Å². The van der Waals surface area contributed by atoms with Gasteiger partial charge in [-0.3, -0.25) is 9.69 Å². The first-order valence-electron chi connectivity index (χ1n) is 9.34. The number of rotatable bonds is 5. The van der Waals surface area contributed by atoms with Gasteiger partial charge < -0.3 is 5.32 Å². The molecule has 2 aromatic carbocycles. The first kappa shape index (κ1) is 19.3. The highest BCUT2D eigenvalue weighted by Gasteiger charge is 2.51. The fraction of sp³-hybridized carbons (Fsp3) is 0.227. The van der Waals surface area contributed by atoms with E-state index in [2.05, 4.69) is 10.3 Å². The van der Waals surface area contributed by atoms with Crippen molar-refractivity contribution in [3.8, 4) is 10.6 Å². The van der Waals surface area contributed by atoms with Crippen molar-refractivity contribution in [1.82, 2.24) is 15.2 Å². The van der Waals surface area contributed by atoms with Crippen LogP contribution in [0, 0.1) is 12.7 Å². The van der Waals surface area contributed by atoms with Crippen molar-refractivity contribution in [1.29, 1.82) is 0 Å². The summed E-state index contributed by atoms with van der Waals surface area (Å²) < 4.78 is 13.3. The standard InChI is InChI=1S/C22H20FN3O2S/c1-3-22(16-8-10-17(23)11-9-16)20(27)26(21(28)25-22)12-18-13-29-19(24-18)15-6-4-14(2)5-7-15/h4-11,13H,3,12H2,1-2H3,(H,25,28)/t22-/m0/s1. The van der Waals surface area contributed by atoms with Crippen LogP contribution in [0.1, 0.15) is 30.2 Å². The average molecular weight is 409 g/mol. The summed E-state index contributed by atoms with van der Waals surface area (Å²) in [6.45, 7) is 3.94. The average Bonchev–Trinajstić information content (AvgIpc) is 3.28. The van der Waals surface area contributed by atoms with Crippen LogP contribution in [0.4, 0.5) is 9.18 Å². The minimum absolute atomic E-state index is 0.0932. The van der Waals surface area contributed by atoms with Gasteiger partial charge in [-0.25, -0.2) is 14.2 Å². The highest BCUT2D eigenvalue weighted by Crippen LogP contribution is 2.34. The van der Waals surface area contributed by atoms with Gasteiger partial charge in [-0.1, -0.05) is 48.9 Å². The molecule has 148 valence electrons. The molecule has 4 rings (SSSR count). The molecule has 7 heteroatoms. The lowest BCUT2D eigenvalue weighted by atomic mass is 9.87. The van der Waals surface area contributed by atoms with Crippen molar-refractivity contribution < 1.29 is 14.0 Å². The van der Waals surface area contributed by atoms with Crippen molar-refractivity contribution in [2.24, 2.45) is 0 Å². The molecule has 0 saturated carbocycles. The summed E-state index contributed by atoms with van der Waals surface area (Å²) in [5.41, 5.74) is 2.21. The number of nitrogens with one attached hydrogen (secondary N) is 1. The molecule has 3 aromatic rings. The number of carbonyl (C=O) groups excluding carboxylic acids is 2. The third-order valence-electron chi connectivity index (χ3n) is 5.21. The second kappa shape index (κ2) is 7.40. The maximum Gasteiger partial charge on any atom is 0.325 e. The maximum atomic E-state index is 13.3. The molecule has 0 unspecified atom stereocenters. The third kappa shape index (κ3) is 3.42. The number of carbonyl (C=O) groups is 2. The number of aromatic nitrogens is 1. The van der Waals surface area contributed by atoms with Crippen molar-refractivity contribution in [2.45, 2.75) is 32.4 Å². The summed E-state index contributed by atoms with van der Waals surface area (Å²) in [7, 11) is 0. The first-order chi connectivity index (χ1) is 13.9. The zero-order valence-electron chi connectivity index (χ0n) is 16.1. The zero-order chi connectivity index (χ0) is 20.6. The lowest BCUT2D eigenvalue weighted by molar-refractivity contribution is -0.132. The molecule has 1 aromatic heterocycles. The molecular formula is C22H20FN3O2S. The molecule has 1 atom stereocenters. The number of thiazole rings is 1. The van der Waals surface area contributed by atoms with Gasteiger partial charge in [0, 0.05) is 10.9 Å². The molecule has 0 bridgehead atoms. The number of urea groups is 1. The lowest BCUT2D eigenvalue weighted by Gasteiger charge is -2.25. The SMILES string of the molecule is CC[C@@]1(c2ccc(F)cc2)NC(=O)N(Cc2csc(-c3ccc(C)cc3)n2)C1=O. The molecule has 2 heterocycles. The van der Waals surface area contributed by atoms with Gasteiger partial charge in [0.05, 0.1) is 12.2 Å². The Morgan fingerprint density at radius 3 is 2.45 bits per heavy atom. The van der Waals surface area contributed by atoms with Crippen molar-refractivity contribution in [3.05, 3.63) is 76.5 Å². The fourth-order valence-corrected chi connectivity index (χ4v) is 4.33. The van der Waals surface area contributed by atoms with Gasteiger partial charge in [-0.2, -0.15) is 0 Å². The van der Waals surface area contributed by atoms with Gasteiger partial charge in [0.25, 0.3) is 5.91 Å². The van der Waals surface area contributed by atoms with E-state index in [-0.39, 0.29) is 18.3 Å². The van der Waals surface area contributed by atoms with Gasteiger partial charge in [0.1, 0.15) is 16.4 Å². The Labute approximate surface area is 172 Å². The van der Waals surface area contributed by atoms with Crippen LogP contribution in [0.3, 0.4) is 0 Å². The van der Waals surface area contributed by atoms with Crippen LogP contribution in [0.5, 0.6) is 0 Å². The van der Waals surface area contributed by atoms with Crippen LogP contribution in [-0.4, -0.2) is 21.8 Å². The molecule has 3 amide bonds. The number of amides is 3. The number of halogens is 1. The minimum Gasteiger partial charge on any atom is -0.319 e. The van der Waals surface area contributed by atoms with E-state index in [4.69, 9.17) is 0 Å². The Kier molecular flexibility index (Phi) is 4.92. The van der Waals surface area contributed by atoms with Crippen LogP contribution in [0.25, 0.3) is 10.6 Å². The third-order valence-corrected chi connectivity index (χ3v) is 6.15. The molecule has 1 aliphatic heterocycles. The van der Waals surface area contributed by atoms with Crippen LogP contribution in [0.2, 0.25) is 0 Å². The predicted molar refractivity (Wildman–Crippen MR) is 110 cm³/mol. The molecule has 1 fully saturated rings. The summed E-state index contributed by atoms with van der Waals surface area (Å²) in [4.78, 5) is 31.6. The zero-order valence-corrected chi connectivity index (χ0v) is 16.9. The Morgan fingerprint density at radius 2 is 1.79 bits per heavy atom. The minimum atomic E-state index is -1.18. The summed E-state index contributed by atoms with van der Waals surface area (Å²) >= 11 is 1.48. The molecule has 29 heavy (non-hydrogen) atoms. The summed E-state index contributed by atoms with van der Waals surface area (Å²) in [5, 5.41) is 5.51. The number of imide groups is 1. The quantitative estimate of drug-likeness (QED) is 0.626. The van der Waals surface area contributed by atoms with Gasteiger partial charge in [-0.15, -0.1) is 11.3 Å². The molecule has 1 N–H and O–H groups in total. The van der Waals surface area contributed by atoms with E-state index in [0.717, 1.165) is 10.6 Å². The van der Waals surface area contributed by atoms with Gasteiger partial charge in [-0.05, 0) is 31.0 Å². The summed E-state index contributed by atoms with van der Waals surface area (Å²) in [6, 6.07) is 13.2. The molecule has 0 radical (unpaired) electrons. The molecule has 1 saturated heterocycles. The van der Waals surface area contributed by atoms with Crippen LogP contribution in [0.15, 0.2) is 53.9 Å². The number of hydrogen-bond acceptors (Lipinski definition) is 4. The van der Waals surface area contributed by atoms with E-state index in [0.29, 0.717) is 17.7 Å². The van der Waals surface area contributed by atoms with Crippen molar-refractivity contribution in [2.75, 3.05) is 0 Å². The lowest BCUT2D eigenvalue weighted by Crippen LogP contribution is -2.43. The Bertz CT molecular complexity index is 1060. The molecule has 5 nitrogen and oxygen atoms in total. The van der Waals surface area contributed by atoms with E-state index in [1.165, 1.54) is 33.9 Å². The fourth-order valence-electron chi connectivity index (χ4n) is 3.51. The highest BCUT2D eigenvalue weighted by molar-refractivity contribution is 7.13. The number of hydrogen-bond donors (Lipinski definition) is 1. The molecule has 1 aliphatic rings. The van der Waals surface area contributed by atoms with Gasteiger partial charge in [0.15, 0.2) is 0 Å². The Morgan fingerprint density at radius 1 is 1.10 bits per heavy atom. The normalized spacial score (nSPS) is 18.9. The summed E-state index contributed by atoms with van der Waals surface area (Å²) in [6.07, 6.45) is 0.366. The maximum absolute atomic E-state index is 13.3. The summed E-state index contributed by atoms with van der Waals surface area (Å²) in [5.74, 6) is -0.735. The number of benzene rings is 2. The number of aryl methyl sites for hydroxylation is 1. The van der Waals surface area contributed by atoms with E-state index in [1.807, 2.05) is 43.5 Å². The number of nitrogens with zero attached hydrogens (tertiary/aromatic N) is 2. The van der Waals surface area contributed by atoms with Crippen LogP contribution >= 0.6 is 11.3 Å². The van der Waals surface area contributed by atoms with E-state index in [1.54, 1.807) is 12.1 Å². The topological polar surface area (TPSA) is 62.3 Å². The molecule has 0 spiro atoms. The Hall–Kier alpha value is -3.06. The van der Waals surface area contributed by atoms with Crippen molar-refractivity contribution in [3.63, 3.8) is 0 Å². The predicted octanol–water partition coefficient (Wildman–Crippen LogP) is 4.61. The second-order valence-corrected chi connectivity index (χ2v) is 7.96. The molecular weight excluding hydrogens is 389 g/mol. The Balaban J connectivity index is 1.58. The largest absolute Gasteiger partial charge is 0.325 e. The molecule has 0 aliphatic carbocycles.